The highest BCUT2D eigenvalue weighted by atomic mass is 16.1. The van der Waals surface area contributed by atoms with Crippen molar-refractivity contribution in [3.05, 3.63) is 64.1 Å². The van der Waals surface area contributed by atoms with Gasteiger partial charge in [-0.05, 0) is 42.7 Å². The highest BCUT2D eigenvalue weighted by Crippen LogP contribution is 2.28. The normalized spacial score (nSPS) is 17.1. The van der Waals surface area contributed by atoms with Crippen molar-refractivity contribution in [2.45, 2.75) is 19.4 Å². The molecule has 2 aromatic heterocycles. The molecule has 0 saturated carbocycles. The number of benzene rings is 2. The van der Waals surface area contributed by atoms with Crippen molar-refractivity contribution in [1.29, 1.82) is 0 Å². The van der Waals surface area contributed by atoms with Crippen LogP contribution in [0.4, 0.5) is 11.4 Å². The number of piperazine rings is 1. The van der Waals surface area contributed by atoms with Crippen LogP contribution in [0.3, 0.4) is 0 Å². The Bertz CT molecular complexity index is 1310. The van der Waals surface area contributed by atoms with Gasteiger partial charge in [0.25, 0.3) is 5.56 Å². The van der Waals surface area contributed by atoms with Crippen molar-refractivity contribution in [2.24, 2.45) is 0 Å². The Labute approximate surface area is 180 Å². The molecule has 7 heteroatoms. The van der Waals surface area contributed by atoms with Crippen LogP contribution >= 0.6 is 0 Å². The topological polar surface area (TPSA) is 80.1 Å². The summed E-state index contributed by atoms with van der Waals surface area (Å²) in [6.45, 7) is 5.88. The molecule has 1 fully saturated rings. The maximum absolute atomic E-state index is 12.5. The zero-order chi connectivity index (χ0) is 20.8. The zero-order valence-electron chi connectivity index (χ0n) is 17.4. The monoisotopic (exact) mass is 414 g/mol. The number of pyridine rings is 1. The van der Waals surface area contributed by atoms with Crippen LogP contribution in [0.15, 0.2) is 47.4 Å². The van der Waals surface area contributed by atoms with Crippen molar-refractivity contribution in [2.75, 3.05) is 42.9 Å². The number of hydrogen-bond donors (Lipinski definition) is 3. The van der Waals surface area contributed by atoms with E-state index in [4.69, 9.17) is 0 Å². The minimum absolute atomic E-state index is 0.0510. The molecule has 7 nitrogen and oxygen atoms in total. The van der Waals surface area contributed by atoms with Gasteiger partial charge in [-0.25, -0.2) is 0 Å². The van der Waals surface area contributed by atoms with Crippen LogP contribution in [-0.4, -0.2) is 52.8 Å². The predicted molar refractivity (Wildman–Crippen MR) is 125 cm³/mol. The predicted octanol–water partition coefficient (Wildman–Crippen LogP) is 3.08. The summed E-state index contributed by atoms with van der Waals surface area (Å²) in [5.74, 6) is 0. The van der Waals surface area contributed by atoms with Crippen molar-refractivity contribution >= 4 is 33.2 Å². The molecule has 0 radical (unpaired) electrons. The third-order valence-corrected chi connectivity index (χ3v) is 6.65. The van der Waals surface area contributed by atoms with E-state index in [-0.39, 0.29) is 5.56 Å². The summed E-state index contributed by atoms with van der Waals surface area (Å²) in [6, 6.07) is 13.0. The summed E-state index contributed by atoms with van der Waals surface area (Å²) in [5, 5.41) is 12.8. The molecule has 0 aliphatic carbocycles. The van der Waals surface area contributed by atoms with Crippen LogP contribution in [0.2, 0.25) is 0 Å². The number of H-pyrrole nitrogens is 2. The number of fused-ring (bicyclic) bond motifs is 4. The molecule has 4 aromatic rings. The first-order chi connectivity index (χ1) is 15.2. The number of rotatable bonds is 3. The smallest absolute Gasteiger partial charge is 0.253 e. The Morgan fingerprint density at radius 3 is 2.81 bits per heavy atom. The highest BCUT2D eigenvalue weighted by molar-refractivity contribution is 5.93. The second-order valence-corrected chi connectivity index (χ2v) is 8.62. The first-order valence-corrected chi connectivity index (χ1v) is 11.1. The molecule has 6 rings (SSSR count). The second kappa shape index (κ2) is 7.42. The Morgan fingerprint density at radius 2 is 1.90 bits per heavy atom. The van der Waals surface area contributed by atoms with E-state index in [2.05, 4.69) is 66.7 Å². The van der Waals surface area contributed by atoms with E-state index in [0.717, 1.165) is 85.2 Å². The van der Waals surface area contributed by atoms with E-state index in [9.17, 15) is 4.79 Å². The van der Waals surface area contributed by atoms with E-state index in [1.54, 1.807) is 0 Å². The molecule has 4 heterocycles. The van der Waals surface area contributed by atoms with Crippen molar-refractivity contribution < 1.29 is 0 Å². The molecule has 0 atom stereocenters. The average Bonchev–Trinajstić information content (AvgIpc) is 3.28. The second-order valence-electron chi connectivity index (χ2n) is 8.62. The molecule has 1 saturated heterocycles. The van der Waals surface area contributed by atoms with E-state index in [1.807, 2.05) is 6.20 Å². The fourth-order valence-electron chi connectivity index (χ4n) is 4.95. The maximum Gasteiger partial charge on any atom is 0.253 e. The lowest BCUT2D eigenvalue weighted by Crippen LogP contribution is -2.45. The molecule has 2 aliphatic rings. The van der Waals surface area contributed by atoms with Crippen LogP contribution in [-0.2, 0) is 13.0 Å². The van der Waals surface area contributed by atoms with E-state index >= 15 is 0 Å². The lowest BCUT2D eigenvalue weighted by Gasteiger charge is -2.36. The van der Waals surface area contributed by atoms with Gasteiger partial charge in [0.1, 0.15) is 0 Å². The van der Waals surface area contributed by atoms with Gasteiger partial charge in [0.2, 0.25) is 0 Å². The van der Waals surface area contributed by atoms with Gasteiger partial charge >= 0.3 is 0 Å². The maximum atomic E-state index is 12.5. The number of aromatic nitrogens is 3. The quantitative estimate of drug-likeness (QED) is 0.480. The summed E-state index contributed by atoms with van der Waals surface area (Å²) in [7, 11) is 0. The average molecular weight is 415 g/mol. The molecule has 0 amide bonds. The lowest BCUT2D eigenvalue weighted by atomic mass is 10.0. The van der Waals surface area contributed by atoms with Crippen LogP contribution in [0.5, 0.6) is 0 Å². The molecule has 2 aliphatic heterocycles. The van der Waals surface area contributed by atoms with Gasteiger partial charge in [0.05, 0.1) is 22.9 Å². The Kier molecular flexibility index (Phi) is 4.42. The summed E-state index contributed by atoms with van der Waals surface area (Å²) >= 11 is 0. The molecule has 2 aromatic carbocycles. The molecule has 158 valence electrons. The lowest BCUT2D eigenvalue weighted by molar-refractivity contribution is 0.250. The summed E-state index contributed by atoms with van der Waals surface area (Å²) < 4.78 is 0. The minimum atomic E-state index is 0.0510. The number of nitrogens with zero attached hydrogens (tertiary/aromatic N) is 3. The zero-order valence-corrected chi connectivity index (χ0v) is 17.4. The number of hydrogen-bond acceptors (Lipinski definition) is 5. The molecule has 0 spiro atoms. The third kappa shape index (κ3) is 3.35. The third-order valence-electron chi connectivity index (χ3n) is 6.65. The van der Waals surface area contributed by atoms with Crippen molar-refractivity contribution in [3.63, 3.8) is 0 Å². The molecular weight excluding hydrogens is 388 g/mol. The van der Waals surface area contributed by atoms with E-state index in [0.29, 0.717) is 0 Å². The number of nitrogens with one attached hydrogen (secondary N) is 3. The standard InChI is InChI=1S/C24H26N6O/c31-24-20-2-1-7-25-23(20)19-5-3-16(12-22(19)27-24)15-29-8-10-30(11-9-29)18-4-6-21-17(13-18)14-26-28-21/h3-6,12-14,25H,1-2,7-11,15H2,(H,26,28)(H,27,31). The van der Waals surface area contributed by atoms with Crippen LogP contribution in [0.25, 0.3) is 21.8 Å². The van der Waals surface area contributed by atoms with Gasteiger partial charge in [-0.15, -0.1) is 0 Å². The summed E-state index contributed by atoms with van der Waals surface area (Å²) in [5.41, 5.74) is 6.49. The van der Waals surface area contributed by atoms with Crippen LogP contribution in [0, 0.1) is 0 Å². The summed E-state index contributed by atoms with van der Waals surface area (Å²) in [6.07, 6.45) is 3.75. The van der Waals surface area contributed by atoms with Gasteiger partial charge in [-0.2, -0.15) is 5.10 Å². The van der Waals surface area contributed by atoms with Crippen molar-refractivity contribution in [1.82, 2.24) is 20.1 Å². The van der Waals surface area contributed by atoms with Crippen molar-refractivity contribution in [3.8, 4) is 0 Å². The Morgan fingerprint density at radius 1 is 1.00 bits per heavy atom. The largest absolute Gasteiger partial charge is 0.384 e. The molecule has 31 heavy (non-hydrogen) atoms. The van der Waals surface area contributed by atoms with E-state index in [1.165, 1.54) is 11.3 Å². The van der Waals surface area contributed by atoms with Crippen LogP contribution in [0.1, 0.15) is 17.5 Å². The highest BCUT2D eigenvalue weighted by Gasteiger charge is 2.19. The SMILES string of the molecule is O=c1[nH]c2cc(CN3CCN(c4ccc5[nH]ncc5c4)CC3)ccc2c2c1CCCN2. The van der Waals surface area contributed by atoms with E-state index < -0.39 is 0 Å². The fourth-order valence-corrected chi connectivity index (χ4v) is 4.95. The van der Waals surface area contributed by atoms with Gasteiger partial charge in [-0.3, -0.25) is 14.8 Å². The molecule has 3 N–H and O–H groups in total. The molecular formula is C24H26N6O. The van der Waals surface area contributed by atoms with Gasteiger partial charge in [-0.1, -0.05) is 12.1 Å². The molecule has 0 unspecified atom stereocenters. The van der Waals surface area contributed by atoms with Gasteiger partial charge < -0.3 is 15.2 Å². The Hall–Kier alpha value is -3.32. The van der Waals surface area contributed by atoms with Crippen LogP contribution < -0.4 is 15.8 Å². The van der Waals surface area contributed by atoms with Gasteiger partial charge in [0.15, 0.2) is 0 Å². The first-order valence-electron chi connectivity index (χ1n) is 11.1. The number of anilines is 2. The van der Waals surface area contributed by atoms with Gasteiger partial charge in [0, 0.05) is 61.3 Å². The molecule has 0 bridgehead atoms. The summed E-state index contributed by atoms with van der Waals surface area (Å²) in [4.78, 5) is 20.5. The Balaban J connectivity index is 1.17. The minimum Gasteiger partial charge on any atom is -0.384 e. The fraction of sp³-hybridized carbons (Fsp3) is 0.333. The number of aromatic amines is 2. The first kappa shape index (κ1) is 18.4.